The van der Waals surface area contributed by atoms with Crippen LogP contribution in [0.25, 0.3) is 0 Å². The predicted octanol–water partition coefficient (Wildman–Crippen LogP) is 3.00. The SMILES string of the molecule is C#C[C@]1(O)CCC2C3CCC4=CC(O)[C@H]3[C@H]4[C@H](C)[C@H](C)[C@@]21C. The van der Waals surface area contributed by atoms with Crippen molar-refractivity contribution < 1.29 is 10.2 Å². The van der Waals surface area contributed by atoms with Crippen LogP contribution in [0, 0.1) is 53.3 Å². The number of aliphatic hydroxyl groups is 2. The van der Waals surface area contributed by atoms with Gasteiger partial charge in [0.2, 0.25) is 0 Å². The Morgan fingerprint density at radius 3 is 2.73 bits per heavy atom. The molecular formula is C20H28O2. The van der Waals surface area contributed by atoms with Gasteiger partial charge >= 0.3 is 0 Å². The van der Waals surface area contributed by atoms with Crippen molar-refractivity contribution in [2.24, 2.45) is 40.9 Å². The van der Waals surface area contributed by atoms with Crippen molar-refractivity contribution in [2.75, 3.05) is 0 Å². The molecule has 22 heavy (non-hydrogen) atoms. The van der Waals surface area contributed by atoms with Crippen LogP contribution in [-0.4, -0.2) is 21.9 Å². The third-order valence-corrected chi connectivity index (χ3v) is 8.42. The molecule has 4 bridgehead atoms. The third kappa shape index (κ3) is 1.46. The lowest BCUT2D eigenvalue weighted by atomic mass is 9.59. The summed E-state index contributed by atoms with van der Waals surface area (Å²) in [4.78, 5) is 0. The van der Waals surface area contributed by atoms with E-state index >= 15 is 0 Å². The highest BCUT2D eigenvalue weighted by molar-refractivity contribution is 5.31. The van der Waals surface area contributed by atoms with Crippen LogP contribution in [-0.2, 0) is 0 Å². The van der Waals surface area contributed by atoms with E-state index in [1.54, 1.807) is 0 Å². The lowest BCUT2D eigenvalue weighted by Gasteiger charge is -2.47. The summed E-state index contributed by atoms with van der Waals surface area (Å²) in [5.74, 6) is 5.39. The predicted molar refractivity (Wildman–Crippen MR) is 86.7 cm³/mol. The van der Waals surface area contributed by atoms with Crippen LogP contribution in [0.1, 0.15) is 46.5 Å². The third-order valence-electron chi connectivity index (χ3n) is 8.42. The monoisotopic (exact) mass is 300 g/mol. The maximum Gasteiger partial charge on any atom is 0.131 e. The first-order valence-electron chi connectivity index (χ1n) is 8.94. The van der Waals surface area contributed by atoms with Crippen LogP contribution >= 0.6 is 0 Å². The molecule has 2 nitrogen and oxygen atoms in total. The van der Waals surface area contributed by atoms with Gasteiger partial charge in [0.25, 0.3) is 0 Å². The van der Waals surface area contributed by atoms with Gasteiger partial charge < -0.3 is 10.2 Å². The molecule has 0 amide bonds. The molecule has 0 saturated heterocycles. The highest BCUT2D eigenvalue weighted by Gasteiger charge is 2.66. The molecule has 0 radical (unpaired) electrons. The smallest absolute Gasteiger partial charge is 0.131 e. The molecule has 0 aromatic heterocycles. The molecule has 0 spiro atoms. The van der Waals surface area contributed by atoms with Crippen molar-refractivity contribution >= 4 is 0 Å². The Balaban J connectivity index is 1.88. The lowest BCUT2D eigenvalue weighted by Crippen LogP contribution is -2.50. The van der Waals surface area contributed by atoms with Crippen LogP contribution in [0.2, 0.25) is 0 Å². The number of hydrogen-bond donors (Lipinski definition) is 2. The van der Waals surface area contributed by atoms with Crippen LogP contribution in [0.4, 0.5) is 0 Å². The fourth-order valence-electron chi connectivity index (χ4n) is 7.05. The van der Waals surface area contributed by atoms with Crippen molar-refractivity contribution in [3.8, 4) is 12.3 Å². The summed E-state index contributed by atoms with van der Waals surface area (Å²) >= 11 is 0. The minimum Gasteiger partial charge on any atom is -0.389 e. The second kappa shape index (κ2) is 4.40. The molecule has 4 aliphatic rings. The molecule has 9 atom stereocenters. The molecule has 120 valence electrons. The summed E-state index contributed by atoms with van der Waals surface area (Å²) in [6, 6.07) is 0. The number of rotatable bonds is 0. The van der Waals surface area contributed by atoms with E-state index in [2.05, 4.69) is 32.8 Å². The fourth-order valence-corrected chi connectivity index (χ4v) is 7.05. The van der Waals surface area contributed by atoms with Crippen LogP contribution in [0.3, 0.4) is 0 Å². The highest BCUT2D eigenvalue weighted by atomic mass is 16.3. The van der Waals surface area contributed by atoms with E-state index in [4.69, 9.17) is 6.42 Å². The van der Waals surface area contributed by atoms with Gasteiger partial charge in [-0.2, -0.15) is 0 Å². The van der Waals surface area contributed by atoms with Gasteiger partial charge in [-0.1, -0.05) is 38.3 Å². The molecule has 0 aliphatic heterocycles. The van der Waals surface area contributed by atoms with E-state index in [1.165, 1.54) is 5.57 Å². The Morgan fingerprint density at radius 1 is 1.32 bits per heavy atom. The van der Waals surface area contributed by atoms with Crippen LogP contribution in [0.5, 0.6) is 0 Å². The first-order chi connectivity index (χ1) is 10.3. The first-order valence-corrected chi connectivity index (χ1v) is 8.94. The Kier molecular flexibility index (Phi) is 2.96. The maximum absolute atomic E-state index is 11.2. The zero-order valence-corrected chi connectivity index (χ0v) is 13.9. The molecule has 3 fully saturated rings. The fraction of sp³-hybridized carbons (Fsp3) is 0.800. The topological polar surface area (TPSA) is 40.5 Å². The van der Waals surface area contributed by atoms with Gasteiger partial charge in [-0.15, -0.1) is 6.42 Å². The Hall–Kier alpha value is -0.780. The molecule has 0 aromatic rings. The average molecular weight is 300 g/mol. The van der Waals surface area contributed by atoms with Crippen molar-refractivity contribution in [3.05, 3.63) is 11.6 Å². The summed E-state index contributed by atoms with van der Waals surface area (Å²) in [6.45, 7) is 6.85. The summed E-state index contributed by atoms with van der Waals surface area (Å²) in [7, 11) is 0. The van der Waals surface area contributed by atoms with Gasteiger partial charge in [-0.05, 0) is 61.2 Å². The van der Waals surface area contributed by atoms with Gasteiger partial charge in [0.15, 0.2) is 0 Å². The first kappa shape index (κ1) is 14.8. The average Bonchev–Trinajstić information content (AvgIpc) is 2.89. The number of fused-ring (bicyclic) bond motifs is 2. The lowest BCUT2D eigenvalue weighted by molar-refractivity contribution is -0.0756. The quantitative estimate of drug-likeness (QED) is 0.533. The second-order valence-electron chi connectivity index (χ2n) is 8.62. The van der Waals surface area contributed by atoms with Crippen molar-refractivity contribution in [3.63, 3.8) is 0 Å². The molecule has 2 N–H and O–H groups in total. The summed E-state index contributed by atoms with van der Waals surface area (Å²) in [6.07, 6.45) is 11.7. The molecule has 3 unspecified atom stereocenters. The Morgan fingerprint density at radius 2 is 2.05 bits per heavy atom. The van der Waals surface area contributed by atoms with Gasteiger partial charge in [0.1, 0.15) is 5.60 Å². The zero-order valence-electron chi connectivity index (χ0n) is 13.9. The van der Waals surface area contributed by atoms with Crippen LogP contribution < -0.4 is 0 Å². The second-order valence-corrected chi connectivity index (χ2v) is 8.62. The molecule has 0 heterocycles. The number of allylic oxidation sites excluding steroid dienone is 1. The summed E-state index contributed by atoms with van der Waals surface area (Å²) < 4.78 is 0. The van der Waals surface area contributed by atoms with E-state index in [9.17, 15) is 10.2 Å². The van der Waals surface area contributed by atoms with E-state index in [0.717, 1.165) is 19.3 Å². The van der Waals surface area contributed by atoms with E-state index in [1.807, 2.05) is 0 Å². The number of hydrogen-bond acceptors (Lipinski definition) is 2. The number of terminal acetylenes is 1. The van der Waals surface area contributed by atoms with Crippen molar-refractivity contribution in [2.45, 2.75) is 58.2 Å². The van der Waals surface area contributed by atoms with Gasteiger partial charge in [0, 0.05) is 5.41 Å². The van der Waals surface area contributed by atoms with Crippen LogP contribution in [0.15, 0.2) is 11.6 Å². The van der Waals surface area contributed by atoms with E-state index in [-0.39, 0.29) is 11.5 Å². The molecule has 2 heteroatoms. The highest BCUT2D eigenvalue weighted by Crippen LogP contribution is 2.68. The Labute approximate surface area is 134 Å². The molecular weight excluding hydrogens is 272 g/mol. The maximum atomic E-state index is 11.2. The summed E-state index contributed by atoms with van der Waals surface area (Å²) in [5, 5.41) is 21.9. The molecule has 4 rings (SSSR count). The van der Waals surface area contributed by atoms with Gasteiger partial charge in [0.05, 0.1) is 6.10 Å². The summed E-state index contributed by atoms with van der Waals surface area (Å²) in [5.41, 5.74) is 0.258. The van der Waals surface area contributed by atoms with Gasteiger partial charge in [-0.3, -0.25) is 0 Å². The van der Waals surface area contributed by atoms with E-state index < -0.39 is 5.60 Å². The van der Waals surface area contributed by atoms with E-state index in [0.29, 0.717) is 41.9 Å². The number of aliphatic hydroxyl groups excluding tert-OH is 1. The van der Waals surface area contributed by atoms with Crippen molar-refractivity contribution in [1.82, 2.24) is 0 Å². The molecule has 4 aliphatic carbocycles. The zero-order chi connectivity index (χ0) is 15.9. The van der Waals surface area contributed by atoms with Crippen molar-refractivity contribution in [1.29, 1.82) is 0 Å². The minimum atomic E-state index is -0.985. The Bertz CT molecular complexity index is 573. The largest absolute Gasteiger partial charge is 0.389 e. The molecule has 3 saturated carbocycles. The molecule has 0 aromatic carbocycles. The standard InChI is InChI=1S/C20H28O2/c1-5-20(22)9-8-15-14-7-6-13-10-16(21)18(14)17(13)11(2)12(3)19(15,20)4/h1,10-12,14-18,21-22H,6-9H2,2-4H3/t11-,12+,14?,15?,16?,17+,18+,19+,20+/m1/s1. The van der Waals surface area contributed by atoms with Gasteiger partial charge in [-0.25, -0.2) is 0 Å². The minimum absolute atomic E-state index is 0.231. The normalized spacial score (nSPS) is 59.5.